The Morgan fingerprint density at radius 1 is 0.974 bits per heavy atom. The van der Waals surface area contributed by atoms with Crippen molar-refractivity contribution in [1.29, 1.82) is 0 Å². The third-order valence-electron chi connectivity index (χ3n) is 9.50. The maximum absolute atomic E-state index is 14.3. The van der Waals surface area contributed by atoms with Gasteiger partial charge in [0.2, 0.25) is 0 Å². The average molecular weight is 530 g/mol. The number of aryl methyl sites for hydroxylation is 1. The van der Waals surface area contributed by atoms with Gasteiger partial charge in [0, 0.05) is 23.8 Å². The molecule has 39 heavy (non-hydrogen) atoms. The highest BCUT2D eigenvalue weighted by molar-refractivity contribution is 6.09. The molecule has 3 aromatic carbocycles. The Balaban J connectivity index is 1.40. The number of fused-ring (bicyclic) bond motifs is 7. The Kier molecular flexibility index (Phi) is 5.79. The second-order valence-electron chi connectivity index (χ2n) is 11.3. The second-order valence-corrected chi connectivity index (χ2v) is 11.3. The van der Waals surface area contributed by atoms with E-state index in [1.54, 1.807) is 0 Å². The molecule has 2 fully saturated rings. The molecular formula is C31H31NO7. The number of carbonyl (C=O) groups is 2. The number of nitrogens with two attached hydrogens (primary N) is 1. The fourth-order valence-corrected chi connectivity index (χ4v) is 7.71. The number of carbonyl (C=O) groups excluding carboxylic acids is 2. The Morgan fingerprint density at radius 3 is 2.46 bits per heavy atom. The fraction of sp³-hybridized carbons (Fsp3) is 0.419. The van der Waals surface area contributed by atoms with E-state index in [1.165, 1.54) is 0 Å². The van der Waals surface area contributed by atoms with Gasteiger partial charge in [-0.05, 0) is 46.4 Å². The van der Waals surface area contributed by atoms with Crippen LogP contribution in [0.1, 0.15) is 45.8 Å². The highest BCUT2D eigenvalue weighted by atomic mass is 16.7. The van der Waals surface area contributed by atoms with Gasteiger partial charge in [-0.3, -0.25) is 9.59 Å². The number of ether oxygens (including phenoxy) is 2. The lowest BCUT2D eigenvalue weighted by molar-refractivity contribution is -0.281. The molecule has 9 atom stereocenters. The van der Waals surface area contributed by atoms with E-state index in [0.717, 1.165) is 27.5 Å². The molecule has 5 N–H and O–H groups in total. The van der Waals surface area contributed by atoms with Gasteiger partial charge in [-0.1, -0.05) is 54.6 Å². The van der Waals surface area contributed by atoms with Crippen molar-refractivity contribution < 1.29 is 34.4 Å². The smallest absolute Gasteiger partial charge is 0.176 e. The monoisotopic (exact) mass is 529 g/mol. The molecule has 202 valence electrons. The standard InChI is InChI=1S/C31H31NO7/c32-26-29(37)28(36)22(14-33)38-30(26)39-24-13-20-25(31(24)21-8-4-3-5-15(21)9-10-23(31)34)18-11-16-6-1-2-7-17(16)12-19(18)27(20)35/h1-8,11-12,20,22,24-26,28-30,33,36-37H,9-10,13-14,32H2/t20-,22+,24-,25-,26+,28+,29+,30-,31-/m0/s1. The molecule has 0 unspecified atom stereocenters. The summed E-state index contributed by atoms with van der Waals surface area (Å²) in [5.41, 5.74) is 8.51. The Hall–Kier alpha value is -2.98. The van der Waals surface area contributed by atoms with Crippen LogP contribution in [0.3, 0.4) is 0 Å². The summed E-state index contributed by atoms with van der Waals surface area (Å²) in [6, 6.07) is 18.6. The minimum Gasteiger partial charge on any atom is -0.394 e. The van der Waals surface area contributed by atoms with Crippen LogP contribution in [0.25, 0.3) is 10.8 Å². The first-order valence-electron chi connectivity index (χ1n) is 13.6. The largest absolute Gasteiger partial charge is 0.394 e. The first kappa shape index (κ1) is 25.0. The van der Waals surface area contributed by atoms with Crippen molar-refractivity contribution in [2.75, 3.05) is 6.61 Å². The van der Waals surface area contributed by atoms with Crippen molar-refractivity contribution in [1.82, 2.24) is 0 Å². The number of hydrogen-bond donors (Lipinski definition) is 4. The SMILES string of the molecule is N[C@H]1[C@H](O[C@H]2C[C@@H]3C(=O)c4cc5ccccc5cc4[C@@H]3[C@@]23C(=O)CCc2ccccc23)O[C@H](CO)[C@@H](O)[C@@H]1O. The fourth-order valence-electron chi connectivity index (χ4n) is 7.71. The van der Waals surface area contributed by atoms with Crippen LogP contribution in [0.15, 0.2) is 60.7 Å². The molecule has 1 heterocycles. The topological polar surface area (TPSA) is 139 Å². The van der Waals surface area contributed by atoms with Gasteiger partial charge < -0.3 is 30.5 Å². The first-order valence-corrected chi connectivity index (χ1v) is 13.6. The molecule has 0 radical (unpaired) electrons. The lowest BCUT2D eigenvalue weighted by atomic mass is 9.60. The third-order valence-corrected chi connectivity index (χ3v) is 9.50. The Morgan fingerprint density at radius 2 is 1.69 bits per heavy atom. The van der Waals surface area contributed by atoms with Crippen LogP contribution < -0.4 is 5.73 Å². The van der Waals surface area contributed by atoms with Crippen LogP contribution in [-0.2, 0) is 26.1 Å². The summed E-state index contributed by atoms with van der Waals surface area (Å²) in [4.78, 5) is 28.2. The van der Waals surface area contributed by atoms with E-state index in [0.29, 0.717) is 18.4 Å². The molecule has 1 spiro atoms. The molecule has 0 amide bonds. The summed E-state index contributed by atoms with van der Waals surface area (Å²) in [6.45, 7) is -0.535. The maximum Gasteiger partial charge on any atom is 0.176 e. The molecule has 0 aromatic heterocycles. The van der Waals surface area contributed by atoms with Crippen molar-refractivity contribution in [3.8, 4) is 0 Å². The molecule has 4 aliphatic rings. The molecule has 8 heteroatoms. The minimum absolute atomic E-state index is 0.000338. The van der Waals surface area contributed by atoms with Crippen molar-refractivity contribution in [3.05, 3.63) is 82.9 Å². The predicted octanol–water partition coefficient (Wildman–Crippen LogP) is 1.74. The van der Waals surface area contributed by atoms with Crippen LogP contribution in [0.2, 0.25) is 0 Å². The molecule has 8 nitrogen and oxygen atoms in total. The number of benzene rings is 3. The number of hydrogen-bond acceptors (Lipinski definition) is 8. The zero-order valence-corrected chi connectivity index (χ0v) is 21.3. The molecule has 1 saturated carbocycles. The number of rotatable bonds is 3. The first-order chi connectivity index (χ1) is 18.9. The van der Waals surface area contributed by atoms with Crippen LogP contribution >= 0.6 is 0 Å². The van der Waals surface area contributed by atoms with Gasteiger partial charge in [0.05, 0.1) is 24.2 Å². The molecule has 3 aliphatic carbocycles. The lowest BCUT2D eigenvalue weighted by Crippen LogP contribution is -2.64. The van der Waals surface area contributed by atoms with Gasteiger partial charge in [-0.2, -0.15) is 0 Å². The van der Waals surface area contributed by atoms with Crippen molar-refractivity contribution in [3.63, 3.8) is 0 Å². The lowest BCUT2D eigenvalue weighted by Gasteiger charge is -2.46. The van der Waals surface area contributed by atoms with Crippen LogP contribution in [0.4, 0.5) is 0 Å². The maximum atomic E-state index is 14.3. The molecule has 1 aliphatic heterocycles. The summed E-state index contributed by atoms with van der Waals surface area (Å²) < 4.78 is 12.3. The van der Waals surface area contributed by atoms with E-state index < -0.39 is 60.6 Å². The zero-order chi connectivity index (χ0) is 27.1. The van der Waals surface area contributed by atoms with Gasteiger partial charge in [-0.15, -0.1) is 0 Å². The predicted molar refractivity (Wildman–Crippen MR) is 141 cm³/mol. The number of aliphatic hydroxyl groups is 3. The van der Waals surface area contributed by atoms with E-state index in [1.807, 2.05) is 60.7 Å². The van der Waals surface area contributed by atoms with Gasteiger partial charge in [0.1, 0.15) is 24.1 Å². The number of Topliss-reactive ketones (excluding diaryl/α,β-unsaturated/α-hetero) is 2. The van der Waals surface area contributed by atoms with E-state index in [4.69, 9.17) is 15.2 Å². The van der Waals surface area contributed by atoms with E-state index in [2.05, 4.69) is 0 Å². The second kappa shape index (κ2) is 9.02. The molecule has 0 bridgehead atoms. The third kappa shape index (κ3) is 3.40. The van der Waals surface area contributed by atoms with Crippen LogP contribution in [-0.4, -0.2) is 70.2 Å². The van der Waals surface area contributed by atoms with Gasteiger partial charge in [0.15, 0.2) is 12.1 Å². The summed E-state index contributed by atoms with van der Waals surface area (Å²) in [5.74, 6) is -0.885. The highest BCUT2D eigenvalue weighted by Gasteiger charge is 2.67. The summed E-state index contributed by atoms with van der Waals surface area (Å²) in [7, 11) is 0. The average Bonchev–Trinajstić information content (AvgIpc) is 3.42. The van der Waals surface area contributed by atoms with Crippen molar-refractivity contribution in [2.45, 2.75) is 67.3 Å². The minimum atomic E-state index is -1.39. The quantitative estimate of drug-likeness (QED) is 0.403. The summed E-state index contributed by atoms with van der Waals surface area (Å²) in [5, 5.41) is 32.6. The van der Waals surface area contributed by atoms with Crippen molar-refractivity contribution in [2.24, 2.45) is 11.7 Å². The van der Waals surface area contributed by atoms with Gasteiger partial charge >= 0.3 is 0 Å². The molecule has 7 rings (SSSR count). The normalized spacial score (nSPS) is 37.2. The van der Waals surface area contributed by atoms with E-state index in [9.17, 15) is 24.9 Å². The molecule has 3 aromatic rings. The molecular weight excluding hydrogens is 498 g/mol. The Bertz CT molecular complexity index is 1490. The zero-order valence-electron chi connectivity index (χ0n) is 21.3. The van der Waals surface area contributed by atoms with Gasteiger partial charge in [-0.25, -0.2) is 0 Å². The number of ketones is 2. The molecule has 1 saturated heterocycles. The van der Waals surface area contributed by atoms with E-state index in [-0.39, 0.29) is 18.0 Å². The van der Waals surface area contributed by atoms with Crippen molar-refractivity contribution >= 4 is 22.3 Å². The summed E-state index contributed by atoms with van der Waals surface area (Å²) >= 11 is 0. The Labute approximate surface area is 225 Å². The van der Waals surface area contributed by atoms with E-state index >= 15 is 0 Å². The van der Waals surface area contributed by atoms with Crippen LogP contribution in [0.5, 0.6) is 0 Å². The van der Waals surface area contributed by atoms with Gasteiger partial charge in [0.25, 0.3) is 0 Å². The van der Waals surface area contributed by atoms with Crippen LogP contribution in [0, 0.1) is 5.92 Å². The number of aliphatic hydroxyl groups excluding tert-OH is 3. The highest BCUT2D eigenvalue weighted by Crippen LogP contribution is 2.63. The summed E-state index contributed by atoms with van der Waals surface area (Å²) in [6.07, 6.45) is -4.60.